The molecule has 33 heavy (non-hydrogen) atoms. The van der Waals surface area contributed by atoms with Crippen LogP contribution in [0.25, 0.3) is 9.40 Å². The molecule has 0 bridgehead atoms. The first-order valence-electron chi connectivity index (χ1n) is 13.0. The SMILES string of the molecule is CCCCCCCCCc1cc2cc(C(=O)Oc3ccc(CCCCCCC)cc3)sc2s1. The first kappa shape index (κ1) is 26.0. The van der Waals surface area contributed by atoms with Gasteiger partial charge >= 0.3 is 5.97 Å². The topological polar surface area (TPSA) is 26.3 Å². The summed E-state index contributed by atoms with van der Waals surface area (Å²) in [6, 6.07) is 12.3. The summed E-state index contributed by atoms with van der Waals surface area (Å²) in [5, 5.41) is 1.19. The zero-order valence-corrected chi connectivity index (χ0v) is 22.1. The molecule has 0 aliphatic rings. The number of fused-ring (bicyclic) bond motifs is 1. The minimum absolute atomic E-state index is 0.246. The Kier molecular flexibility index (Phi) is 11.5. The number of rotatable bonds is 16. The van der Waals surface area contributed by atoms with Gasteiger partial charge in [0.25, 0.3) is 0 Å². The average Bonchev–Trinajstić information content (AvgIpc) is 3.38. The Bertz CT molecular complexity index is 920. The number of unbranched alkanes of at least 4 members (excludes halogenated alkanes) is 10. The molecule has 0 fully saturated rings. The van der Waals surface area contributed by atoms with Gasteiger partial charge in [0.2, 0.25) is 0 Å². The predicted molar refractivity (Wildman–Crippen MR) is 145 cm³/mol. The van der Waals surface area contributed by atoms with Crippen LogP contribution in [0.15, 0.2) is 36.4 Å². The zero-order valence-electron chi connectivity index (χ0n) is 20.5. The van der Waals surface area contributed by atoms with Crippen molar-refractivity contribution < 1.29 is 9.53 Å². The second kappa shape index (κ2) is 14.6. The molecule has 0 amide bonds. The lowest BCUT2D eigenvalue weighted by molar-refractivity contribution is 0.0740. The summed E-state index contributed by atoms with van der Waals surface area (Å²) in [6.07, 6.45) is 18.1. The van der Waals surface area contributed by atoms with Crippen LogP contribution in [-0.4, -0.2) is 5.97 Å². The van der Waals surface area contributed by atoms with E-state index in [4.69, 9.17) is 4.74 Å². The maximum atomic E-state index is 12.6. The molecule has 0 N–H and O–H groups in total. The Morgan fingerprint density at radius 3 is 1.97 bits per heavy atom. The molecule has 0 unspecified atom stereocenters. The molecule has 2 aromatic heterocycles. The fourth-order valence-electron chi connectivity index (χ4n) is 4.19. The van der Waals surface area contributed by atoms with Crippen molar-refractivity contribution in [2.45, 2.75) is 104 Å². The van der Waals surface area contributed by atoms with E-state index in [1.54, 1.807) is 11.3 Å². The van der Waals surface area contributed by atoms with Gasteiger partial charge in [0, 0.05) is 10.3 Å². The molecule has 1 aromatic carbocycles. The summed E-state index contributed by atoms with van der Waals surface area (Å²) in [4.78, 5) is 14.8. The number of thiophene rings is 2. The third kappa shape index (κ3) is 8.90. The van der Waals surface area contributed by atoms with Crippen molar-refractivity contribution in [1.82, 2.24) is 0 Å². The molecule has 0 saturated carbocycles. The van der Waals surface area contributed by atoms with Gasteiger partial charge in [-0.25, -0.2) is 4.79 Å². The van der Waals surface area contributed by atoms with E-state index in [1.165, 1.54) is 96.9 Å². The number of aryl methyl sites for hydroxylation is 2. The van der Waals surface area contributed by atoms with Crippen molar-refractivity contribution in [3.8, 4) is 5.75 Å². The molecule has 0 saturated heterocycles. The minimum atomic E-state index is -0.246. The van der Waals surface area contributed by atoms with E-state index in [2.05, 4.69) is 32.0 Å². The summed E-state index contributed by atoms with van der Waals surface area (Å²) in [5.41, 5.74) is 1.32. The van der Waals surface area contributed by atoms with Crippen molar-refractivity contribution in [2.75, 3.05) is 0 Å². The van der Waals surface area contributed by atoms with Gasteiger partial charge in [-0.05, 0) is 55.5 Å². The van der Waals surface area contributed by atoms with Gasteiger partial charge in [-0.3, -0.25) is 0 Å². The predicted octanol–water partition coefficient (Wildman–Crippen LogP) is 9.99. The monoisotopic (exact) mass is 484 g/mol. The van der Waals surface area contributed by atoms with Gasteiger partial charge in [0.15, 0.2) is 0 Å². The highest BCUT2D eigenvalue weighted by molar-refractivity contribution is 7.39. The van der Waals surface area contributed by atoms with E-state index in [0.29, 0.717) is 10.6 Å². The van der Waals surface area contributed by atoms with Crippen LogP contribution in [-0.2, 0) is 12.8 Å². The fourth-order valence-corrected chi connectivity index (χ4v) is 6.59. The van der Waals surface area contributed by atoms with E-state index < -0.39 is 0 Å². The molecule has 4 heteroatoms. The van der Waals surface area contributed by atoms with Crippen LogP contribution >= 0.6 is 22.7 Å². The Labute approximate surface area is 208 Å². The number of hydrogen-bond donors (Lipinski definition) is 0. The summed E-state index contributed by atoms with van der Waals surface area (Å²) in [7, 11) is 0. The first-order valence-corrected chi connectivity index (χ1v) is 14.7. The Balaban J connectivity index is 1.42. The molecule has 3 aromatic rings. The second-order valence-electron chi connectivity index (χ2n) is 9.14. The number of benzene rings is 1. The second-order valence-corrected chi connectivity index (χ2v) is 11.6. The molecule has 0 spiro atoms. The van der Waals surface area contributed by atoms with Crippen LogP contribution in [0.4, 0.5) is 0 Å². The van der Waals surface area contributed by atoms with Crippen LogP contribution in [0.3, 0.4) is 0 Å². The fraction of sp³-hybridized carbons (Fsp3) is 0.552. The normalized spacial score (nSPS) is 11.3. The standard InChI is InChI=1S/C29H40O2S2/c1-3-5-7-9-10-12-14-16-26-21-24-22-27(33-29(24)32-26)28(30)31-25-19-17-23(18-20-25)15-13-11-8-6-4-2/h17-22H,3-16H2,1-2H3. The van der Waals surface area contributed by atoms with Crippen LogP contribution in [0.1, 0.15) is 111 Å². The minimum Gasteiger partial charge on any atom is -0.422 e. The van der Waals surface area contributed by atoms with Crippen molar-refractivity contribution in [2.24, 2.45) is 0 Å². The molecular weight excluding hydrogens is 444 g/mol. The maximum absolute atomic E-state index is 12.6. The highest BCUT2D eigenvalue weighted by atomic mass is 32.2. The molecule has 2 heterocycles. The van der Waals surface area contributed by atoms with Crippen LogP contribution < -0.4 is 4.74 Å². The summed E-state index contributed by atoms with van der Waals surface area (Å²) >= 11 is 3.40. The van der Waals surface area contributed by atoms with Gasteiger partial charge in [0.05, 0.1) is 4.01 Å². The molecule has 3 rings (SSSR count). The zero-order chi connectivity index (χ0) is 23.3. The van der Waals surface area contributed by atoms with Crippen LogP contribution in [0, 0.1) is 0 Å². The lowest BCUT2D eigenvalue weighted by Gasteiger charge is -2.05. The van der Waals surface area contributed by atoms with Crippen LogP contribution in [0.5, 0.6) is 5.75 Å². The number of carbonyl (C=O) groups excluding carboxylic acids is 1. The number of ether oxygens (including phenoxy) is 1. The third-order valence-corrected chi connectivity index (χ3v) is 8.63. The van der Waals surface area contributed by atoms with Crippen molar-refractivity contribution in [3.05, 3.63) is 51.7 Å². The Morgan fingerprint density at radius 1 is 0.727 bits per heavy atom. The van der Waals surface area contributed by atoms with Gasteiger partial charge in [0.1, 0.15) is 10.6 Å². The Morgan fingerprint density at radius 2 is 1.33 bits per heavy atom. The largest absolute Gasteiger partial charge is 0.422 e. The number of esters is 1. The third-order valence-electron chi connectivity index (χ3n) is 6.20. The van der Waals surface area contributed by atoms with Crippen molar-refractivity contribution in [1.29, 1.82) is 0 Å². The van der Waals surface area contributed by atoms with Crippen molar-refractivity contribution in [3.63, 3.8) is 0 Å². The van der Waals surface area contributed by atoms with Gasteiger partial charge in [-0.2, -0.15) is 0 Å². The molecule has 0 radical (unpaired) electrons. The summed E-state index contributed by atoms with van der Waals surface area (Å²) in [6.45, 7) is 4.51. The average molecular weight is 485 g/mol. The van der Waals surface area contributed by atoms with E-state index in [1.807, 2.05) is 29.5 Å². The first-order chi connectivity index (χ1) is 16.2. The van der Waals surface area contributed by atoms with E-state index in [-0.39, 0.29) is 5.97 Å². The quantitative estimate of drug-likeness (QED) is 0.115. The van der Waals surface area contributed by atoms with Gasteiger partial charge in [-0.1, -0.05) is 90.2 Å². The maximum Gasteiger partial charge on any atom is 0.353 e. The highest BCUT2D eigenvalue weighted by Crippen LogP contribution is 2.35. The lowest BCUT2D eigenvalue weighted by atomic mass is 10.1. The molecule has 0 aliphatic heterocycles. The smallest absolute Gasteiger partial charge is 0.353 e. The summed E-state index contributed by atoms with van der Waals surface area (Å²) in [5.74, 6) is 0.385. The number of carbonyl (C=O) groups is 1. The number of hydrogen-bond acceptors (Lipinski definition) is 4. The summed E-state index contributed by atoms with van der Waals surface area (Å²) < 4.78 is 6.87. The Hall–Kier alpha value is -1.65. The van der Waals surface area contributed by atoms with Crippen molar-refractivity contribution >= 4 is 38.0 Å². The van der Waals surface area contributed by atoms with Crippen LogP contribution in [0.2, 0.25) is 0 Å². The highest BCUT2D eigenvalue weighted by Gasteiger charge is 2.15. The molecule has 2 nitrogen and oxygen atoms in total. The van der Waals surface area contributed by atoms with E-state index >= 15 is 0 Å². The molecule has 0 atom stereocenters. The molecular formula is C29H40O2S2. The van der Waals surface area contributed by atoms with E-state index in [0.717, 1.165) is 12.8 Å². The van der Waals surface area contributed by atoms with E-state index in [9.17, 15) is 4.79 Å². The van der Waals surface area contributed by atoms with Gasteiger partial charge < -0.3 is 4.74 Å². The van der Waals surface area contributed by atoms with Gasteiger partial charge in [-0.15, -0.1) is 22.7 Å². The molecule has 180 valence electrons. The molecule has 0 aliphatic carbocycles. The lowest BCUT2D eigenvalue weighted by Crippen LogP contribution is -2.06.